The largest absolute Gasteiger partial charge is 0.462 e. The lowest BCUT2D eigenvalue weighted by Gasteiger charge is -2.43. The average molecular weight is 379 g/mol. The van der Waals surface area contributed by atoms with E-state index in [1.807, 2.05) is 0 Å². The lowest BCUT2D eigenvalue weighted by molar-refractivity contribution is -0.138. The van der Waals surface area contributed by atoms with Crippen LogP contribution in [0.4, 0.5) is 0 Å². The van der Waals surface area contributed by atoms with Crippen LogP contribution < -0.4 is 5.73 Å². The summed E-state index contributed by atoms with van der Waals surface area (Å²) in [5.74, 6) is -0.356. The van der Waals surface area contributed by atoms with Crippen molar-refractivity contribution in [2.45, 2.75) is 31.6 Å². The minimum Gasteiger partial charge on any atom is -0.462 e. The van der Waals surface area contributed by atoms with E-state index in [1.165, 1.54) is 17.2 Å². The second kappa shape index (κ2) is 9.56. The molecule has 1 aliphatic heterocycles. The zero-order chi connectivity index (χ0) is 19.8. The van der Waals surface area contributed by atoms with Crippen LogP contribution >= 0.6 is 0 Å². The summed E-state index contributed by atoms with van der Waals surface area (Å²) in [7, 11) is 0. The number of nitrogens with two attached hydrogens (primary N) is 1. The molecule has 0 bridgehead atoms. The Kier molecular flexibility index (Phi) is 6.88. The molecular formula is C24H30N2O2. The first-order valence-electron chi connectivity index (χ1n) is 10.0. The third-order valence-electron chi connectivity index (χ3n) is 5.57. The maximum absolute atomic E-state index is 11.5. The Bertz CT molecular complexity index is 733. The van der Waals surface area contributed by atoms with Crippen LogP contribution in [0.5, 0.6) is 0 Å². The van der Waals surface area contributed by atoms with E-state index in [4.69, 9.17) is 10.5 Å². The Morgan fingerprint density at radius 1 is 1.04 bits per heavy atom. The Morgan fingerprint density at radius 3 is 2.07 bits per heavy atom. The molecular weight excluding hydrogens is 348 g/mol. The number of ether oxygens (including phenoxy) is 1. The number of hydrogen-bond donors (Lipinski definition) is 1. The van der Waals surface area contributed by atoms with Gasteiger partial charge < -0.3 is 15.4 Å². The van der Waals surface area contributed by atoms with Gasteiger partial charge in [0.25, 0.3) is 0 Å². The topological polar surface area (TPSA) is 55.6 Å². The number of nitrogens with zero attached hydrogens (tertiary/aromatic N) is 1. The smallest absolute Gasteiger partial charge is 0.332 e. The van der Waals surface area contributed by atoms with E-state index in [9.17, 15) is 4.79 Å². The highest BCUT2D eigenvalue weighted by Crippen LogP contribution is 2.41. The van der Waals surface area contributed by atoms with E-state index in [0.29, 0.717) is 12.3 Å². The summed E-state index contributed by atoms with van der Waals surface area (Å²) in [5.41, 5.74) is 8.84. The number of piperidine rings is 1. The molecule has 1 saturated heterocycles. The van der Waals surface area contributed by atoms with Gasteiger partial charge in [-0.05, 0) is 50.4 Å². The summed E-state index contributed by atoms with van der Waals surface area (Å²) in [4.78, 5) is 14.0. The minimum atomic E-state index is -0.356. The van der Waals surface area contributed by atoms with Crippen LogP contribution in [0.1, 0.15) is 37.3 Å². The molecule has 28 heavy (non-hydrogen) atoms. The van der Waals surface area contributed by atoms with E-state index >= 15 is 0 Å². The summed E-state index contributed by atoms with van der Waals surface area (Å²) in [6, 6.07) is 21.8. The van der Waals surface area contributed by atoms with Crippen LogP contribution in [-0.2, 0) is 14.9 Å². The maximum atomic E-state index is 11.5. The molecule has 0 aliphatic carbocycles. The van der Waals surface area contributed by atoms with Crippen molar-refractivity contribution in [2.24, 2.45) is 5.73 Å². The third-order valence-corrected chi connectivity index (χ3v) is 5.57. The van der Waals surface area contributed by atoms with Gasteiger partial charge in [-0.2, -0.15) is 0 Å². The fraction of sp³-hybridized carbons (Fsp3) is 0.375. The number of hydrogen-bond acceptors (Lipinski definition) is 4. The molecule has 0 unspecified atom stereocenters. The zero-order valence-electron chi connectivity index (χ0n) is 16.6. The van der Waals surface area contributed by atoms with Crippen molar-refractivity contribution < 1.29 is 9.53 Å². The van der Waals surface area contributed by atoms with E-state index in [0.717, 1.165) is 38.9 Å². The van der Waals surface area contributed by atoms with E-state index in [1.54, 1.807) is 6.92 Å². The molecule has 148 valence electrons. The van der Waals surface area contributed by atoms with Gasteiger partial charge >= 0.3 is 5.97 Å². The first-order chi connectivity index (χ1) is 13.6. The highest BCUT2D eigenvalue weighted by Gasteiger charge is 2.37. The first kappa shape index (κ1) is 20.2. The van der Waals surface area contributed by atoms with Gasteiger partial charge in [-0.25, -0.2) is 4.79 Å². The quantitative estimate of drug-likeness (QED) is 0.451. The number of allylic oxidation sites excluding steroid dienone is 1. The molecule has 1 aliphatic rings. The third kappa shape index (κ3) is 5.02. The van der Waals surface area contributed by atoms with Crippen LogP contribution in [0.3, 0.4) is 0 Å². The highest BCUT2D eigenvalue weighted by atomic mass is 16.5. The molecule has 0 saturated carbocycles. The van der Waals surface area contributed by atoms with Crippen molar-refractivity contribution in [1.82, 2.24) is 4.90 Å². The van der Waals surface area contributed by atoms with Gasteiger partial charge in [0.2, 0.25) is 0 Å². The van der Waals surface area contributed by atoms with Gasteiger partial charge in [-0.1, -0.05) is 60.7 Å². The SMILES string of the molecule is C/C(N)=C/C(=O)OCCCN1CCC(c2ccccc2)(c2ccccc2)CC1. The van der Waals surface area contributed by atoms with Crippen molar-refractivity contribution in [3.63, 3.8) is 0 Å². The molecule has 2 aromatic carbocycles. The lowest BCUT2D eigenvalue weighted by atomic mass is 9.68. The molecule has 0 spiro atoms. The summed E-state index contributed by atoms with van der Waals surface area (Å²) >= 11 is 0. The number of esters is 1. The van der Waals surface area contributed by atoms with Crippen molar-refractivity contribution in [3.05, 3.63) is 83.6 Å². The van der Waals surface area contributed by atoms with Crippen LogP contribution in [-0.4, -0.2) is 37.1 Å². The second-order valence-corrected chi connectivity index (χ2v) is 7.57. The van der Waals surface area contributed by atoms with E-state index in [2.05, 4.69) is 65.6 Å². The number of carbonyl (C=O) groups excluding carboxylic acids is 1. The van der Waals surface area contributed by atoms with Crippen LogP contribution in [0.25, 0.3) is 0 Å². The fourth-order valence-corrected chi connectivity index (χ4v) is 4.11. The summed E-state index contributed by atoms with van der Waals surface area (Å²) < 4.78 is 5.20. The molecule has 2 aromatic rings. The van der Waals surface area contributed by atoms with E-state index in [-0.39, 0.29) is 11.4 Å². The second-order valence-electron chi connectivity index (χ2n) is 7.57. The van der Waals surface area contributed by atoms with Crippen molar-refractivity contribution >= 4 is 5.97 Å². The van der Waals surface area contributed by atoms with Crippen molar-refractivity contribution in [1.29, 1.82) is 0 Å². The molecule has 2 N–H and O–H groups in total. The molecule has 0 atom stereocenters. The monoisotopic (exact) mass is 378 g/mol. The van der Waals surface area contributed by atoms with Gasteiger partial charge in [0.1, 0.15) is 0 Å². The zero-order valence-corrected chi connectivity index (χ0v) is 16.6. The van der Waals surface area contributed by atoms with Crippen molar-refractivity contribution in [2.75, 3.05) is 26.2 Å². The maximum Gasteiger partial charge on any atom is 0.332 e. The van der Waals surface area contributed by atoms with Gasteiger partial charge in [-0.15, -0.1) is 0 Å². The number of likely N-dealkylation sites (tertiary alicyclic amines) is 1. The number of carbonyl (C=O) groups is 1. The minimum absolute atomic E-state index is 0.0783. The normalized spacial score (nSPS) is 17.2. The fourth-order valence-electron chi connectivity index (χ4n) is 4.11. The van der Waals surface area contributed by atoms with Gasteiger partial charge in [0.05, 0.1) is 6.61 Å². The molecule has 4 nitrogen and oxygen atoms in total. The van der Waals surface area contributed by atoms with Gasteiger partial charge in [0, 0.05) is 23.7 Å². The predicted molar refractivity (Wildman–Crippen MR) is 113 cm³/mol. The molecule has 4 heteroatoms. The summed E-state index contributed by atoms with van der Waals surface area (Å²) in [6.45, 7) is 5.14. The van der Waals surface area contributed by atoms with Gasteiger partial charge in [0.15, 0.2) is 0 Å². The highest BCUT2D eigenvalue weighted by molar-refractivity contribution is 5.82. The average Bonchev–Trinajstić information content (AvgIpc) is 2.72. The molecule has 0 amide bonds. The number of benzene rings is 2. The summed E-state index contributed by atoms with van der Waals surface area (Å²) in [5, 5.41) is 0. The first-order valence-corrected chi connectivity index (χ1v) is 10.0. The van der Waals surface area contributed by atoms with Crippen molar-refractivity contribution in [3.8, 4) is 0 Å². The Balaban J connectivity index is 1.58. The summed E-state index contributed by atoms with van der Waals surface area (Å²) in [6.07, 6.45) is 4.35. The molecule has 1 heterocycles. The predicted octanol–water partition coefficient (Wildman–Crippen LogP) is 3.86. The Labute approximate surface area is 168 Å². The molecule has 3 rings (SSSR count). The lowest BCUT2D eigenvalue weighted by Crippen LogP contribution is -2.43. The van der Waals surface area contributed by atoms with Crippen LogP contribution in [0.2, 0.25) is 0 Å². The Morgan fingerprint density at radius 2 is 1.57 bits per heavy atom. The van der Waals surface area contributed by atoms with Crippen LogP contribution in [0.15, 0.2) is 72.4 Å². The molecule has 0 radical (unpaired) electrons. The molecule has 1 fully saturated rings. The van der Waals surface area contributed by atoms with Crippen LogP contribution in [0, 0.1) is 0 Å². The number of rotatable bonds is 7. The standard InChI is InChI=1S/C24H30N2O2/c1-20(25)19-23(27)28-18-8-15-26-16-13-24(14-17-26,21-9-4-2-5-10-21)22-11-6-3-7-12-22/h2-7,9-12,19H,8,13-18,25H2,1H3/b20-19-. The van der Waals surface area contributed by atoms with Gasteiger partial charge in [-0.3, -0.25) is 0 Å². The molecule has 0 aromatic heterocycles. The Hall–Kier alpha value is -2.59. The van der Waals surface area contributed by atoms with E-state index < -0.39 is 0 Å².